The number of carbonyl (C=O) groups is 1. The molecule has 1 aromatic carbocycles. The Balaban J connectivity index is 1.57. The van der Waals surface area contributed by atoms with Crippen molar-refractivity contribution in [2.24, 2.45) is 0 Å². The number of hydrogen-bond donors (Lipinski definition) is 1. The van der Waals surface area contributed by atoms with Gasteiger partial charge < -0.3 is 14.5 Å². The molecular weight excluding hydrogens is 368 g/mol. The van der Waals surface area contributed by atoms with Gasteiger partial charge in [0.15, 0.2) is 5.76 Å². The van der Waals surface area contributed by atoms with Gasteiger partial charge in [-0.2, -0.15) is 5.10 Å². The third kappa shape index (κ3) is 4.41. The van der Waals surface area contributed by atoms with E-state index in [1.54, 1.807) is 17.0 Å². The molecule has 0 atom stereocenters. The Labute approximate surface area is 170 Å². The number of carbonyl (C=O) groups excluding carboxylic acids is 1. The van der Waals surface area contributed by atoms with Gasteiger partial charge in [-0.1, -0.05) is 17.7 Å². The molecule has 1 amide bonds. The van der Waals surface area contributed by atoms with Crippen LogP contribution in [-0.4, -0.2) is 60.0 Å². The van der Waals surface area contributed by atoms with Crippen LogP contribution in [0.1, 0.15) is 21.6 Å². The first kappa shape index (κ1) is 19.4. The van der Waals surface area contributed by atoms with Crippen LogP contribution in [-0.2, 0) is 4.74 Å². The number of ether oxygens (including phenoxy) is 1. The third-order valence-electron chi connectivity index (χ3n) is 5.11. The lowest BCUT2D eigenvalue weighted by Crippen LogP contribution is -2.41. The summed E-state index contributed by atoms with van der Waals surface area (Å²) in [6, 6.07) is 11.5. The lowest BCUT2D eigenvalue weighted by molar-refractivity contribution is 0.0383. The SMILES string of the molecule is Cc1ccc(-n2nc(-c3ccco3)cc2C(=O)NCCN2CCOCC2)c(C)c1. The number of nitrogens with zero attached hydrogens (tertiary/aromatic N) is 3. The molecule has 2 aromatic heterocycles. The summed E-state index contributed by atoms with van der Waals surface area (Å²) in [6.07, 6.45) is 1.60. The summed E-state index contributed by atoms with van der Waals surface area (Å²) >= 11 is 0. The van der Waals surface area contributed by atoms with Crippen molar-refractivity contribution < 1.29 is 13.9 Å². The van der Waals surface area contributed by atoms with Crippen LogP contribution in [0.2, 0.25) is 0 Å². The Morgan fingerprint density at radius 3 is 2.72 bits per heavy atom. The lowest BCUT2D eigenvalue weighted by atomic mass is 10.1. The molecule has 0 unspecified atom stereocenters. The maximum Gasteiger partial charge on any atom is 0.270 e. The molecule has 7 nitrogen and oxygen atoms in total. The highest BCUT2D eigenvalue weighted by molar-refractivity contribution is 5.94. The maximum absolute atomic E-state index is 13.0. The van der Waals surface area contributed by atoms with Crippen molar-refractivity contribution in [3.8, 4) is 17.1 Å². The third-order valence-corrected chi connectivity index (χ3v) is 5.11. The van der Waals surface area contributed by atoms with Crippen LogP contribution in [0.15, 0.2) is 47.1 Å². The summed E-state index contributed by atoms with van der Waals surface area (Å²) in [4.78, 5) is 15.3. The lowest BCUT2D eigenvalue weighted by Gasteiger charge is -2.26. The highest BCUT2D eigenvalue weighted by Crippen LogP contribution is 2.24. The highest BCUT2D eigenvalue weighted by atomic mass is 16.5. The van der Waals surface area contributed by atoms with Gasteiger partial charge in [0.2, 0.25) is 0 Å². The predicted molar refractivity (Wildman–Crippen MR) is 110 cm³/mol. The second-order valence-electron chi connectivity index (χ2n) is 7.30. The number of benzene rings is 1. The molecule has 29 heavy (non-hydrogen) atoms. The van der Waals surface area contributed by atoms with Gasteiger partial charge in [-0.05, 0) is 37.6 Å². The topological polar surface area (TPSA) is 72.5 Å². The van der Waals surface area contributed by atoms with Crippen LogP contribution in [0.3, 0.4) is 0 Å². The first-order valence-electron chi connectivity index (χ1n) is 9.92. The van der Waals surface area contributed by atoms with Crippen LogP contribution in [0.4, 0.5) is 0 Å². The molecule has 1 fully saturated rings. The minimum atomic E-state index is -0.149. The monoisotopic (exact) mass is 394 g/mol. The number of aryl methyl sites for hydroxylation is 2. The van der Waals surface area contributed by atoms with Gasteiger partial charge in [-0.25, -0.2) is 4.68 Å². The van der Waals surface area contributed by atoms with Gasteiger partial charge in [0, 0.05) is 32.2 Å². The van der Waals surface area contributed by atoms with E-state index in [-0.39, 0.29) is 5.91 Å². The van der Waals surface area contributed by atoms with Crippen molar-refractivity contribution >= 4 is 5.91 Å². The Morgan fingerprint density at radius 1 is 1.17 bits per heavy atom. The number of aromatic nitrogens is 2. The number of nitrogens with one attached hydrogen (secondary N) is 1. The quantitative estimate of drug-likeness (QED) is 0.696. The van der Waals surface area contributed by atoms with Gasteiger partial charge in [0.25, 0.3) is 5.91 Å². The zero-order chi connectivity index (χ0) is 20.2. The van der Waals surface area contributed by atoms with Crippen LogP contribution < -0.4 is 5.32 Å². The molecule has 1 N–H and O–H groups in total. The number of amides is 1. The summed E-state index contributed by atoms with van der Waals surface area (Å²) in [6.45, 7) is 8.76. The van der Waals surface area contributed by atoms with E-state index in [0.717, 1.165) is 44.1 Å². The first-order chi connectivity index (χ1) is 14.1. The van der Waals surface area contributed by atoms with E-state index in [1.807, 2.05) is 38.1 Å². The Kier molecular flexibility index (Phi) is 5.78. The van der Waals surface area contributed by atoms with E-state index < -0.39 is 0 Å². The fourth-order valence-corrected chi connectivity index (χ4v) is 3.56. The highest BCUT2D eigenvalue weighted by Gasteiger charge is 2.20. The van der Waals surface area contributed by atoms with Gasteiger partial charge in [0.05, 0.1) is 25.2 Å². The number of morpholine rings is 1. The molecule has 4 rings (SSSR count). The van der Waals surface area contributed by atoms with Crippen LogP contribution in [0, 0.1) is 13.8 Å². The first-order valence-corrected chi connectivity index (χ1v) is 9.92. The summed E-state index contributed by atoms with van der Waals surface area (Å²) in [5.74, 6) is 0.486. The average molecular weight is 394 g/mol. The summed E-state index contributed by atoms with van der Waals surface area (Å²) < 4.78 is 12.6. The molecule has 3 heterocycles. The van der Waals surface area contributed by atoms with E-state index in [1.165, 1.54) is 5.56 Å². The normalized spacial score (nSPS) is 14.8. The van der Waals surface area contributed by atoms with Crippen molar-refractivity contribution in [2.75, 3.05) is 39.4 Å². The molecule has 7 heteroatoms. The molecule has 1 aliphatic rings. The minimum absolute atomic E-state index is 0.149. The molecule has 0 radical (unpaired) electrons. The van der Waals surface area contributed by atoms with Gasteiger partial charge in [0.1, 0.15) is 11.4 Å². The minimum Gasteiger partial charge on any atom is -0.463 e. The van der Waals surface area contributed by atoms with Crippen molar-refractivity contribution in [3.05, 3.63) is 59.5 Å². The zero-order valence-electron chi connectivity index (χ0n) is 16.9. The van der Waals surface area contributed by atoms with Crippen molar-refractivity contribution in [2.45, 2.75) is 13.8 Å². The van der Waals surface area contributed by atoms with Crippen LogP contribution >= 0.6 is 0 Å². The van der Waals surface area contributed by atoms with E-state index in [0.29, 0.717) is 23.7 Å². The molecule has 1 saturated heterocycles. The fraction of sp³-hybridized carbons (Fsp3) is 0.364. The molecular formula is C22H26N4O3. The standard InChI is InChI=1S/C22H26N4O3/c1-16-5-6-19(17(2)14-16)26-20(15-18(24-26)21-4-3-11-29-21)22(27)23-7-8-25-9-12-28-13-10-25/h3-6,11,14-15H,7-10,12-13H2,1-2H3,(H,23,27). The smallest absolute Gasteiger partial charge is 0.270 e. The molecule has 0 bridgehead atoms. The summed E-state index contributed by atoms with van der Waals surface area (Å²) in [5, 5.41) is 7.70. The second kappa shape index (κ2) is 8.63. The number of furan rings is 1. The Hall–Kier alpha value is -2.90. The summed E-state index contributed by atoms with van der Waals surface area (Å²) in [7, 11) is 0. The van der Waals surface area contributed by atoms with E-state index in [4.69, 9.17) is 9.15 Å². The largest absolute Gasteiger partial charge is 0.463 e. The van der Waals surface area contributed by atoms with E-state index in [9.17, 15) is 4.79 Å². The fourth-order valence-electron chi connectivity index (χ4n) is 3.56. The van der Waals surface area contributed by atoms with Crippen LogP contribution in [0.25, 0.3) is 17.1 Å². The average Bonchev–Trinajstić information content (AvgIpc) is 3.39. The van der Waals surface area contributed by atoms with Crippen molar-refractivity contribution in [1.82, 2.24) is 20.0 Å². The van der Waals surface area contributed by atoms with Crippen molar-refractivity contribution in [1.29, 1.82) is 0 Å². The summed E-state index contributed by atoms with van der Waals surface area (Å²) in [5.41, 5.74) is 4.23. The molecule has 0 saturated carbocycles. The molecule has 0 aliphatic carbocycles. The van der Waals surface area contributed by atoms with Gasteiger partial charge >= 0.3 is 0 Å². The number of hydrogen-bond acceptors (Lipinski definition) is 5. The van der Waals surface area contributed by atoms with E-state index >= 15 is 0 Å². The molecule has 1 aliphatic heterocycles. The van der Waals surface area contributed by atoms with Crippen LogP contribution in [0.5, 0.6) is 0 Å². The molecule has 0 spiro atoms. The molecule has 3 aromatic rings. The Bertz CT molecular complexity index is 972. The van der Waals surface area contributed by atoms with Crippen molar-refractivity contribution in [3.63, 3.8) is 0 Å². The predicted octanol–water partition coefficient (Wildman–Crippen LogP) is 2.81. The van der Waals surface area contributed by atoms with Gasteiger partial charge in [-0.15, -0.1) is 0 Å². The number of rotatable bonds is 6. The van der Waals surface area contributed by atoms with E-state index in [2.05, 4.69) is 21.4 Å². The Morgan fingerprint density at radius 2 is 2.00 bits per heavy atom. The second-order valence-corrected chi connectivity index (χ2v) is 7.30. The molecule has 152 valence electrons. The zero-order valence-corrected chi connectivity index (χ0v) is 16.9. The maximum atomic E-state index is 13.0. The van der Waals surface area contributed by atoms with Gasteiger partial charge in [-0.3, -0.25) is 9.69 Å².